The van der Waals surface area contributed by atoms with Gasteiger partial charge in [-0.05, 0) is 55.0 Å². The Bertz CT molecular complexity index is 1150. The molecule has 1 aliphatic carbocycles. The molecule has 7 nitrogen and oxygen atoms in total. The molecule has 1 aromatic heterocycles. The predicted octanol–water partition coefficient (Wildman–Crippen LogP) is 4.57. The summed E-state index contributed by atoms with van der Waals surface area (Å²) in [6.07, 6.45) is 0.418. The first-order valence-corrected chi connectivity index (χ1v) is 12.5. The molecule has 0 radical (unpaired) electrons. The van der Waals surface area contributed by atoms with Crippen molar-refractivity contribution in [2.24, 2.45) is 0 Å². The number of hydrogen-bond donors (Lipinski definition) is 1. The molecule has 10 heteroatoms. The summed E-state index contributed by atoms with van der Waals surface area (Å²) in [7, 11) is 1.35. The molecule has 2 aliphatic heterocycles. The maximum atomic E-state index is 12.9. The number of methoxy groups -OCH3 is 1. The second-order valence-electron chi connectivity index (χ2n) is 9.75. The zero-order valence-corrected chi connectivity index (χ0v) is 21.1. The number of carbonyl (C=O) groups excluding carboxylic acids is 2. The third-order valence-corrected chi connectivity index (χ3v) is 7.06. The molecule has 5 rings (SSSR count). The van der Waals surface area contributed by atoms with Gasteiger partial charge in [0.2, 0.25) is 5.91 Å². The summed E-state index contributed by atoms with van der Waals surface area (Å²) in [6.45, 7) is 1.46. The summed E-state index contributed by atoms with van der Waals surface area (Å²) in [5.74, 6) is 0.870. The molecule has 200 valence electrons. The number of rotatable bonds is 5. The number of nitrogens with zero attached hydrogens (tertiary/aromatic N) is 2. The van der Waals surface area contributed by atoms with Crippen LogP contribution >= 0.6 is 0 Å². The second kappa shape index (κ2) is 11.0. The fourth-order valence-electron chi connectivity index (χ4n) is 4.84. The first kappa shape index (κ1) is 26.8. The van der Waals surface area contributed by atoms with Crippen molar-refractivity contribution in [2.45, 2.75) is 63.6 Å². The number of hydrogen-bond acceptors (Lipinski definition) is 6. The second-order valence-corrected chi connectivity index (χ2v) is 9.75. The van der Waals surface area contributed by atoms with E-state index in [1.807, 2.05) is 12.1 Å². The van der Waals surface area contributed by atoms with Crippen molar-refractivity contribution < 1.29 is 32.2 Å². The lowest BCUT2D eigenvalue weighted by molar-refractivity contribution is -0.162. The zero-order valence-electron chi connectivity index (χ0n) is 21.1. The van der Waals surface area contributed by atoms with Gasteiger partial charge in [0.25, 0.3) is 0 Å². The molecule has 0 saturated heterocycles. The minimum atomic E-state index is -4.41. The molecule has 0 atom stereocenters. The smallest absolute Gasteiger partial charge is 0.406 e. The molecule has 1 N–H and O–H groups in total. The van der Waals surface area contributed by atoms with Crippen LogP contribution in [0.25, 0.3) is 0 Å². The van der Waals surface area contributed by atoms with Crippen molar-refractivity contribution in [3.8, 4) is 5.75 Å². The number of fused-ring (bicyclic) bond motifs is 3. The van der Waals surface area contributed by atoms with E-state index in [4.69, 9.17) is 9.72 Å². The van der Waals surface area contributed by atoms with Crippen LogP contribution in [0.3, 0.4) is 0 Å². The van der Waals surface area contributed by atoms with Gasteiger partial charge in [-0.15, -0.1) is 0 Å². The Balaban J connectivity index is 0.000000586. The van der Waals surface area contributed by atoms with Crippen LogP contribution in [0.1, 0.15) is 55.0 Å². The molecular weight excluding hydrogens is 487 g/mol. The van der Waals surface area contributed by atoms with Gasteiger partial charge >= 0.3 is 12.1 Å². The summed E-state index contributed by atoms with van der Waals surface area (Å²) < 4.78 is 48.6. The van der Waals surface area contributed by atoms with Gasteiger partial charge in [-0.1, -0.05) is 12.1 Å². The minimum absolute atomic E-state index is 0.0509. The number of benzene rings is 1. The number of pyridine rings is 1. The van der Waals surface area contributed by atoms with Gasteiger partial charge in [0, 0.05) is 49.5 Å². The Morgan fingerprint density at radius 1 is 1.14 bits per heavy atom. The fourth-order valence-corrected chi connectivity index (χ4v) is 4.84. The van der Waals surface area contributed by atoms with E-state index in [9.17, 15) is 22.8 Å². The van der Waals surface area contributed by atoms with E-state index in [-0.39, 0.29) is 18.9 Å². The summed E-state index contributed by atoms with van der Waals surface area (Å²) in [6, 6.07) is 9.68. The molecule has 0 unspecified atom stereocenters. The number of alkyl halides is 3. The summed E-state index contributed by atoms with van der Waals surface area (Å²) >= 11 is 0. The van der Waals surface area contributed by atoms with Crippen LogP contribution in [0.15, 0.2) is 30.3 Å². The van der Waals surface area contributed by atoms with Gasteiger partial charge in [0.1, 0.15) is 18.1 Å². The van der Waals surface area contributed by atoms with E-state index in [0.717, 1.165) is 28.5 Å². The highest BCUT2D eigenvalue weighted by atomic mass is 19.4. The van der Waals surface area contributed by atoms with Crippen molar-refractivity contribution in [1.82, 2.24) is 9.88 Å². The van der Waals surface area contributed by atoms with E-state index in [1.54, 1.807) is 6.07 Å². The normalized spacial score (nSPS) is 17.4. The van der Waals surface area contributed by atoms with E-state index in [2.05, 4.69) is 22.2 Å². The number of aryl methyl sites for hydroxylation is 1. The Morgan fingerprint density at radius 3 is 2.57 bits per heavy atom. The number of esters is 1. The fraction of sp³-hybridized carbons (Fsp3) is 0.519. The Kier molecular flexibility index (Phi) is 7.94. The van der Waals surface area contributed by atoms with Crippen LogP contribution in [0, 0.1) is 0 Å². The maximum Gasteiger partial charge on any atom is 0.406 e. The highest BCUT2D eigenvalue weighted by Gasteiger charge is 2.47. The van der Waals surface area contributed by atoms with Crippen molar-refractivity contribution in [1.29, 1.82) is 0 Å². The van der Waals surface area contributed by atoms with Crippen molar-refractivity contribution in [3.05, 3.63) is 52.7 Å². The first-order chi connectivity index (χ1) is 17.6. The lowest BCUT2D eigenvalue weighted by atomic mass is 9.90. The standard InChI is InChI=1S/C24H26F3N3O2.C3H6O2/c25-24(26,27)15-30-14-17-13-19(4-1-16(17)2-6-21(30)31)32-12-7-18-3-5-20-22(29-18)28-11-10-23(20)8-9-23;1-3(4)5-2/h1,3-5,13H,2,6-12,14-15H2,(H,28,29);1-2H3. The average Bonchev–Trinajstić information content (AvgIpc) is 3.63. The van der Waals surface area contributed by atoms with Gasteiger partial charge in [-0.25, -0.2) is 4.98 Å². The molecular formula is C27H32F3N3O4. The topological polar surface area (TPSA) is 80.8 Å². The van der Waals surface area contributed by atoms with Crippen LogP contribution in [-0.2, 0) is 39.1 Å². The van der Waals surface area contributed by atoms with Crippen LogP contribution < -0.4 is 10.1 Å². The third-order valence-electron chi connectivity index (χ3n) is 7.06. The Morgan fingerprint density at radius 2 is 1.89 bits per heavy atom. The average molecular weight is 520 g/mol. The van der Waals surface area contributed by atoms with Crippen LogP contribution in [-0.4, -0.2) is 54.7 Å². The summed E-state index contributed by atoms with van der Waals surface area (Å²) in [5, 5.41) is 3.41. The molecule has 0 bridgehead atoms. The van der Waals surface area contributed by atoms with E-state index in [1.165, 1.54) is 38.9 Å². The summed E-state index contributed by atoms with van der Waals surface area (Å²) in [4.78, 5) is 27.3. The third kappa shape index (κ3) is 6.93. The number of carbonyl (C=O) groups is 2. The zero-order chi connectivity index (χ0) is 26.6. The Labute approximate surface area is 214 Å². The number of nitrogens with one attached hydrogen (secondary N) is 1. The number of aromatic nitrogens is 1. The molecule has 3 aliphatic rings. The van der Waals surface area contributed by atoms with Gasteiger partial charge in [-0.2, -0.15) is 13.2 Å². The summed E-state index contributed by atoms with van der Waals surface area (Å²) in [5.41, 5.74) is 4.24. The molecule has 1 saturated carbocycles. The van der Waals surface area contributed by atoms with Gasteiger partial charge in [-0.3, -0.25) is 9.59 Å². The predicted molar refractivity (Wildman–Crippen MR) is 131 cm³/mol. The molecule has 2 aromatic rings. The van der Waals surface area contributed by atoms with E-state index in [0.29, 0.717) is 36.2 Å². The van der Waals surface area contributed by atoms with Crippen molar-refractivity contribution in [3.63, 3.8) is 0 Å². The highest BCUT2D eigenvalue weighted by Crippen LogP contribution is 2.54. The van der Waals surface area contributed by atoms with E-state index < -0.39 is 18.6 Å². The molecule has 1 aromatic carbocycles. The number of amides is 1. The van der Waals surface area contributed by atoms with Crippen molar-refractivity contribution in [2.75, 3.05) is 32.1 Å². The van der Waals surface area contributed by atoms with Crippen LogP contribution in [0.2, 0.25) is 0 Å². The first-order valence-electron chi connectivity index (χ1n) is 12.5. The lowest BCUT2D eigenvalue weighted by Crippen LogP contribution is -2.37. The van der Waals surface area contributed by atoms with E-state index >= 15 is 0 Å². The lowest BCUT2D eigenvalue weighted by Gasteiger charge is -2.26. The van der Waals surface area contributed by atoms with Gasteiger partial charge < -0.3 is 19.7 Å². The van der Waals surface area contributed by atoms with Gasteiger partial charge in [0.05, 0.1) is 13.7 Å². The van der Waals surface area contributed by atoms with Gasteiger partial charge in [0.15, 0.2) is 0 Å². The Hall–Kier alpha value is -3.30. The number of halogens is 3. The quantitative estimate of drug-likeness (QED) is 0.583. The van der Waals surface area contributed by atoms with Crippen molar-refractivity contribution >= 4 is 17.7 Å². The molecule has 37 heavy (non-hydrogen) atoms. The molecule has 1 spiro atoms. The SMILES string of the molecule is COC(C)=O.O=C1CCc2ccc(OCCc3ccc4c(n3)NCCC43CC3)cc2CN1CC(F)(F)F. The highest BCUT2D eigenvalue weighted by molar-refractivity contribution is 5.77. The van der Waals surface area contributed by atoms with Crippen LogP contribution in [0.4, 0.5) is 19.0 Å². The maximum absolute atomic E-state index is 12.9. The molecule has 3 heterocycles. The monoisotopic (exact) mass is 519 g/mol. The number of ether oxygens (including phenoxy) is 2. The number of anilines is 1. The molecule has 1 fully saturated rings. The largest absolute Gasteiger partial charge is 0.493 e. The minimum Gasteiger partial charge on any atom is -0.493 e. The molecule has 1 amide bonds. The van der Waals surface area contributed by atoms with Crippen LogP contribution in [0.5, 0.6) is 5.75 Å².